The molecule has 2 aromatic rings. The first-order valence-electron chi connectivity index (χ1n) is 5.31. The van der Waals surface area contributed by atoms with Gasteiger partial charge in [-0.1, -0.05) is 15.9 Å². The lowest BCUT2D eigenvalue weighted by atomic mass is 10.3. The first kappa shape index (κ1) is 14.2. The minimum absolute atomic E-state index is 0.00133. The number of hydrogen-bond acceptors (Lipinski definition) is 3. The summed E-state index contributed by atoms with van der Waals surface area (Å²) >= 11 is 3.07. The van der Waals surface area contributed by atoms with E-state index in [1.54, 1.807) is 24.0 Å². The first-order valence-corrected chi connectivity index (χ1v) is 7.59. The van der Waals surface area contributed by atoms with Crippen LogP contribution in [0.1, 0.15) is 5.82 Å². The molecule has 1 N–H and O–H groups in total. The highest BCUT2D eigenvalue weighted by molar-refractivity contribution is 9.10. The maximum absolute atomic E-state index is 13.6. The lowest BCUT2D eigenvalue weighted by Gasteiger charge is -2.08. The van der Waals surface area contributed by atoms with Gasteiger partial charge in [0.15, 0.2) is 0 Å². The monoisotopic (exact) mass is 347 g/mol. The van der Waals surface area contributed by atoms with Gasteiger partial charge in [-0.05, 0) is 18.2 Å². The fraction of sp³-hybridized carbons (Fsp3) is 0.182. The molecule has 0 aliphatic heterocycles. The summed E-state index contributed by atoms with van der Waals surface area (Å²) in [7, 11) is -2.15. The SMILES string of the molecule is Cn1ccnc1CNS(=O)(=O)c1ccc(Br)cc1F. The minimum Gasteiger partial charge on any atom is -0.337 e. The Labute approximate surface area is 118 Å². The van der Waals surface area contributed by atoms with Gasteiger partial charge in [0.25, 0.3) is 0 Å². The number of imidazole rings is 1. The van der Waals surface area contributed by atoms with Crippen molar-refractivity contribution in [2.45, 2.75) is 11.4 Å². The number of nitrogens with zero attached hydrogens (tertiary/aromatic N) is 2. The molecule has 0 spiro atoms. The number of rotatable bonds is 4. The lowest BCUT2D eigenvalue weighted by Crippen LogP contribution is -2.25. The van der Waals surface area contributed by atoms with Gasteiger partial charge in [-0.25, -0.2) is 22.5 Å². The van der Waals surface area contributed by atoms with Gasteiger partial charge in [0.2, 0.25) is 10.0 Å². The molecule has 5 nitrogen and oxygen atoms in total. The molecule has 0 bridgehead atoms. The van der Waals surface area contributed by atoms with Gasteiger partial charge in [0, 0.05) is 23.9 Å². The third-order valence-corrected chi connectivity index (χ3v) is 4.45. The van der Waals surface area contributed by atoms with Crippen molar-refractivity contribution in [2.24, 2.45) is 7.05 Å². The molecule has 102 valence electrons. The summed E-state index contributed by atoms with van der Waals surface area (Å²) in [5, 5.41) is 0. The van der Waals surface area contributed by atoms with E-state index in [1.165, 1.54) is 12.1 Å². The van der Waals surface area contributed by atoms with Crippen LogP contribution in [0.4, 0.5) is 4.39 Å². The lowest BCUT2D eigenvalue weighted by molar-refractivity contribution is 0.554. The zero-order valence-corrected chi connectivity index (χ0v) is 12.4. The number of halogens is 2. The van der Waals surface area contributed by atoms with Crippen molar-refractivity contribution in [2.75, 3.05) is 0 Å². The Morgan fingerprint density at radius 1 is 1.47 bits per heavy atom. The van der Waals surface area contributed by atoms with Crippen molar-refractivity contribution >= 4 is 26.0 Å². The Hall–Kier alpha value is -1.25. The van der Waals surface area contributed by atoms with E-state index < -0.39 is 15.8 Å². The molecule has 0 unspecified atom stereocenters. The minimum atomic E-state index is -3.90. The average Bonchev–Trinajstić information content (AvgIpc) is 2.72. The highest BCUT2D eigenvalue weighted by atomic mass is 79.9. The summed E-state index contributed by atoms with van der Waals surface area (Å²) in [5.41, 5.74) is 0. The molecule has 0 aliphatic carbocycles. The molecular weight excluding hydrogens is 337 g/mol. The van der Waals surface area contributed by atoms with Gasteiger partial charge < -0.3 is 4.57 Å². The molecule has 0 radical (unpaired) electrons. The predicted molar refractivity (Wildman–Crippen MR) is 71.3 cm³/mol. The summed E-state index contributed by atoms with van der Waals surface area (Å²) < 4.78 is 42.0. The molecular formula is C11H11BrFN3O2S. The van der Waals surface area contributed by atoms with Gasteiger partial charge >= 0.3 is 0 Å². The van der Waals surface area contributed by atoms with Crippen LogP contribution in [0, 0.1) is 5.82 Å². The maximum atomic E-state index is 13.6. The summed E-state index contributed by atoms with van der Waals surface area (Å²) in [5.74, 6) is -0.261. The van der Waals surface area contributed by atoms with E-state index in [4.69, 9.17) is 0 Å². The van der Waals surface area contributed by atoms with Crippen LogP contribution in [-0.2, 0) is 23.6 Å². The Morgan fingerprint density at radius 3 is 2.79 bits per heavy atom. The largest absolute Gasteiger partial charge is 0.337 e. The van der Waals surface area contributed by atoms with Crippen LogP contribution in [0.25, 0.3) is 0 Å². The molecule has 19 heavy (non-hydrogen) atoms. The van der Waals surface area contributed by atoms with E-state index in [1.807, 2.05) is 0 Å². The second kappa shape index (κ2) is 5.40. The molecule has 0 amide bonds. The molecule has 1 aromatic carbocycles. The second-order valence-corrected chi connectivity index (χ2v) is 6.50. The molecule has 0 saturated heterocycles. The number of nitrogens with one attached hydrogen (secondary N) is 1. The van der Waals surface area contributed by atoms with Crippen molar-refractivity contribution in [3.63, 3.8) is 0 Å². The quantitative estimate of drug-likeness (QED) is 0.917. The van der Waals surface area contributed by atoms with Crippen molar-refractivity contribution in [1.29, 1.82) is 0 Å². The predicted octanol–water partition coefficient (Wildman–Crippen LogP) is 1.80. The third kappa shape index (κ3) is 3.20. The normalized spacial score (nSPS) is 11.7. The average molecular weight is 348 g/mol. The molecule has 8 heteroatoms. The molecule has 2 rings (SSSR count). The van der Waals surface area contributed by atoms with Crippen LogP contribution in [0.5, 0.6) is 0 Å². The van der Waals surface area contributed by atoms with Crippen molar-refractivity contribution in [3.8, 4) is 0 Å². The fourth-order valence-corrected chi connectivity index (χ4v) is 2.87. The van der Waals surface area contributed by atoms with Gasteiger partial charge in [-0.15, -0.1) is 0 Å². The molecule has 0 aliphatic rings. The standard InChI is InChI=1S/C11H11BrFN3O2S/c1-16-5-4-14-11(16)7-15-19(17,18)10-3-2-8(12)6-9(10)13/h2-6,15H,7H2,1H3. The van der Waals surface area contributed by atoms with E-state index in [2.05, 4.69) is 25.6 Å². The summed E-state index contributed by atoms with van der Waals surface area (Å²) in [6, 6.07) is 3.79. The Bertz CT molecular complexity index is 700. The van der Waals surface area contributed by atoms with E-state index in [0.29, 0.717) is 10.3 Å². The maximum Gasteiger partial charge on any atom is 0.243 e. The van der Waals surface area contributed by atoms with Crippen molar-refractivity contribution in [3.05, 3.63) is 46.7 Å². The molecule has 0 atom stereocenters. The van der Waals surface area contributed by atoms with E-state index >= 15 is 0 Å². The zero-order chi connectivity index (χ0) is 14.0. The zero-order valence-electron chi connectivity index (χ0n) is 9.97. The fourth-order valence-electron chi connectivity index (χ4n) is 1.50. The summed E-state index contributed by atoms with van der Waals surface area (Å²) in [4.78, 5) is 3.60. The van der Waals surface area contributed by atoms with E-state index in [0.717, 1.165) is 6.07 Å². The molecule has 1 aromatic heterocycles. The number of aryl methyl sites for hydroxylation is 1. The number of hydrogen-bond donors (Lipinski definition) is 1. The smallest absolute Gasteiger partial charge is 0.243 e. The summed E-state index contributed by atoms with van der Waals surface area (Å²) in [6.45, 7) is 0.00133. The van der Waals surface area contributed by atoms with Crippen molar-refractivity contribution < 1.29 is 12.8 Å². The van der Waals surface area contributed by atoms with Crippen LogP contribution in [0.3, 0.4) is 0 Å². The van der Waals surface area contributed by atoms with Gasteiger partial charge in [0.1, 0.15) is 16.5 Å². The van der Waals surface area contributed by atoms with E-state index in [-0.39, 0.29) is 11.4 Å². The Kier molecular flexibility index (Phi) is 4.02. The van der Waals surface area contributed by atoms with Crippen LogP contribution in [0.2, 0.25) is 0 Å². The number of benzene rings is 1. The molecule has 1 heterocycles. The summed E-state index contributed by atoms with van der Waals surface area (Å²) in [6.07, 6.45) is 3.26. The van der Waals surface area contributed by atoms with Crippen molar-refractivity contribution in [1.82, 2.24) is 14.3 Å². The van der Waals surface area contributed by atoms with Crippen LogP contribution >= 0.6 is 15.9 Å². The molecule has 0 saturated carbocycles. The van der Waals surface area contributed by atoms with Crippen LogP contribution in [0.15, 0.2) is 40.0 Å². The van der Waals surface area contributed by atoms with Gasteiger partial charge in [0.05, 0.1) is 6.54 Å². The van der Waals surface area contributed by atoms with Gasteiger partial charge in [-0.2, -0.15) is 0 Å². The Balaban J connectivity index is 2.21. The highest BCUT2D eigenvalue weighted by Crippen LogP contribution is 2.19. The first-order chi connectivity index (χ1) is 8.90. The number of aromatic nitrogens is 2. The third-order valence-electron chi connectivity index (χ3n) is 2.52. The van der Waals surface area contributed by atoms with Gasteiger partial charge in [-0.3, -0.25) is 0 Å². The Morgan fingerprint density at radius 2 is 2.21 bits per heavy atom. The van der Waals surface area contributed by atoms with Crippen LogP contribution < -0.4 is 4.72 Å². The highest BCUT2D eigenvalue weighted by Gasteiger charge is 2.19. The second-order valence-electron chi connectivity index (χ2n) is 3.85. The topological polar surface area (TPSA) is 64.0 Å². The number of sulfonamides is 1. The molecule has 0 fully saturated rings. The van der Waals surface area contributed by atoms with Crippen LogP contribution in [-0.4, -0.2) is 18.0 Å². The van der Waals surface area contributed by atoms with E-state index in [9.17, 15) is 12.8 Å².